The summed E-state index contributed by atoms with van der Waals surface area (Å²) in [7, 11) is 0. The summed E-state index contributed by atoms with van der Waals surface area (Å²) in [6, 6.07) is 8.68. The van der Waals surface area contributed by atoms with E-state index >= 15 is 0 Å². The van der Waals surface area contributed by atoms with Gasteiger partial charge in [0.1, 0.15) is 12.1 Å². The van der Waals surface area contributed by atoms with Gasteiger partial charge in [-0.2, -0.15) is 0 Å². The fourth-order valence-corrected chi connectivity index (χ4v) is 5.02. The molecule has 1 rings (SSSR count). The summed E-state index contributed by atoms with van der Waals surface area (Å²) >= 11 is 0. The Kier molecular flexibility index (Phi) is 15.4. The third-order valence-electron chi connectivity index (χ3n) is 7.22. The van der Waals surface area contributed by atoms with Gasteiger partial charge in [-0.3, -0.25) is 0 Å². The first-order chi connectivity index (χ1) is 16.0. The van der Waals surface area contributed by atoms with E-state index in [9.17, 15) is 5.11 Å². The predicted molar refractivity (Wildman–Crippen MR) is 146 cm³/mol. The van der Waals surface area contributed by atoms with Crippen LogP contribution in [0.2, 0.25) is 0 Å². The quantitative estimate of drug-likeness (QED) is 0.111. The van der Waals surface area contributed by atoms with Gasteiger partial charge in [0.05, 0.1) is 19.6 Å². The number of rotatable bonds is 21. The molecule has 1 aromatic rings. The molecule has 1 unspecified atom stereocenters. The van der Waals surface area contributed by atoms with Crippen LogP contribution in [0.1, 0.15) is 115 Å². The highest BCUT2D eigenvalue weighted by Crippen LogP contribution is 2.28. The highest BCUT2D eigenvalue weighted by molar-refractivity contribution is 5.30. The molecule has 0 aromatic heterocycles. The van der Waals surface area contributed by atoms with E-state index in [-0.39, 0.29) is 0 Å². The number of aliphatic hydroxyl groups is 1. The standard InChI is InChI=1S/C31H54NO/c1-6-11-14-17-25-32(26-18-15-12-7-2,27-19-16-13-8-3)28-29-20-22-30(23-21-29)31(33,10-5)24-9-4/h9-10,20-23,33H,4-8,11-19,24-28H2,1-3H3/q+1. The number of unbranched alkanes of at least 4 members (excludes halogenated alkanes) is 9. The first-order valence-electron chi connectivity index (χ1n) is 13.9. The molecule has 188 valence electrons. The molecule has 0 heterocycles. The first-order valence-corrected chi connectivity index (χ1v) is 13.9. The van der Waals surface area contributed by atoms with Gasteiger partial charge in [-0.25, -0.2) is 0 Å². The summed E-state index contributed by atoms with van der Waals surface area (Å²) in [6.07, 6.45) is 19.9. The Morgan fingerprint density at radius 2 is 1.18 bits per heavy atom. The van der Waals surface area contributed by atoms with Crippen LogP contribution >= 0.6 is 0 Å². The van der Waals surface area contributed by atoms with Crippen LogP contribution in [0.15, 0.2) is 49.6 Å². The van der Waals surface area contributed by atoms with Gasteiger partial charge in [-0.05, 0) is 44.1 Å². The van der Waals surface area contributed by atoms with Crippen LogP contribution in [0.3, 0.4) is 0 Å². The van der Waals surface area contributed by atoms with Crippen LogP contribution in [0.5, 0.6) is 0 Å². The summed E-state index contributed by atoms with van der Waals surface area (Å²) in [5.41, 5.74) is 1.28. The highest BCUT2D eigenvalue weighted by Gasteiger charge is 2.28. The normalized spacial score (nSPS) is 13.6. The molecule has 0 fully saturated rings. The SMILES string of the molecule is C=CCC(O)(C=C)c1ccc(C[N+](CCCCCC)(CCCCCC)CCCCCC)cc1. The largest absolute Gasteiger partial charge is 0.381 e. The number of benzene rings is 1. The maximum Gasteiger partial charge on any atom is 0.111 e. The summed E-state index contributed by atoms with van der Waals surface area (Å²) in [4.78, 5) is 0. The lowest BCUT2D eigenvalue weighted by atomic mass is 9.90. The van der Waals surface area contributed by atoms with Gasteiger partial charge < -0.3 is 9.59 Å². The Hall–Kier alpha value is -1.38. The third kappa shape index (κ3) is 11.1. The maximum atomic E-state index is 10.9. The second-order valence-electron chi connectivity index (χ2n) is 10.2. The fourth-order valence-electron chi connectivity index (χ4n) is 5.02. The summed E-state index contributed by atoms with van der Waals surface area (Å²) < 4.78 is 1.23. The molecule has 0 radical (unpaired) electrons. The summed E-state index contributed by atoms with van der Waals surface area (Å²) in [5.74, 6) is 0. The molecule has 0 aliphatic rings. The van der Waals surface area contributed by atoms with Crippen molar-refractivity contribution in [2.24, 2.45) is 0 Å². The average molecular weight is 457 g/mol. The zero-order valence-electron chi connectivity index (χ0n) is 22.3. The molecule has 0 amide bonds. The van der Waals surface area contributed by atoms with Gasteiger partial charge in [0.25, 0.3) is 0 Å². The van der Waals surface area contributed by atoms with Crippen LogP contribution in [0.4, 0.5) is 0 Å². The van der Waals surface area contributed by atoms with Crippen LogP contribution in [-0.4, -0.2) is 29.2 Å². The lowest BCUT2D eigenvalue weighted by Gasteiger charge is -2.40. The smallest absolute Gasteiger partial charge is 0.111 e. The molecule has 1 aromatic carbocycles. The van der Waals surface area contributed by atoms with Crippen LogP contribution < -0.4 is 0 Å². The molecule has 2 nitrogen and oxygen atoms in total. The Labute approximate surface area is 206 Å². The Morgan fingerprint density at radius 1 is 0.727 bits per heavy atom. The van der Waals surface area contributed by atoms with Crippen molar-refractivity contribution in [2.45, 2.75) is 116 Å². The first kappa shape index (κ1) is 29.7. The van der Waals surface area contributed by atoms with Gasteiger partial charge in [-0.15, -0.1) is 6.58 Å². The topological polar surface area (TPSA) is 20.2 Å². The van der Waals surface area contributed by atoms with Crippen LogP contribution in [0, 0.1) is 0 Å². The molecule has 0 saturated heterocycles. The van der Waals surface area contributed by atoms with E-state index in [1.807, 2.05) is 0 Å². The Bertz CT molecular complexity index is 604. The minimum absolute atomic E-state index is 0.488. The van der Waals surface area contributed by atoms with Crippen LogP contribution in [0.25, 0.3) is 0 Å². The van der Waals surface area contributed by atoms with E-state index in [0.29, 0.717) is 6.42 Å². The van der Waals surface area contributed by atoms with Gasteiger partial charge in [0, 0.05) is 12.0 Å². The molecule has 2 heteroatoms. The van der Waals surface area contributed by atoms with E-state index in [2.05, 4.69) is 58.2 Å². The molecular formula is C31H54NO+. The number of hydrogen-bond donors (Lipinski definition) is 1. The van der Waals surface area contributed by atoms with Crippen molar-refractivity contribution in [1.82, 2.24) is 0 Å². The Balaban J connectivity index is 3.05. The van der Waals surface area contributed by atoms with Crippen molar-refractivity contribution in [3.63, 3.8) is 0 Å². The Morgan fingerprint density at radius 3 is 1.55 bits per heavy atom. The minimum Gasteiger partial charge on any atom is -0.381 e. The van der Waals surface area contributed by atoms with E-state index in [1.165, 1.54) is 107 Å². The van der Waals surface area contributed by atoms with Gasteiger partial charge >= 0.3 is 0 Å². The maximum absolute atomic E-state index is 10.9. The second kappa shape index (κ2) is 17.1. The fraction of sp³-hybridized carbons (Fsp3) is 0.677. The van der Waals surface area contributed by atoms with E-state index in [4.69, 9.17) is 0 Å². The van der Waals surface area contributed by atoms with Crippen molar-refractivity contribution in [2.75, 3.05) is 19.6 Å². The zero-order valence-corrected chi connectivity index (χ0v) is 22.3. The minimum atomic E-state index is -1.02. The lowest BCUT2D eigenvalue weighted by molar-refractivity contribution is -0.941. The monoisotopic (exact) mass is 456 g/mol. The summed E-state index contributed by atoms with van der Waals surface area (Å²) in [5, 5.41) is 10.9. The van der Waals surface area contributed by atoms with Gasteiger partial charge in [0.15, 0.2) is 0 Å². The molecule has 0 aliphatic heterocycles. The van der Waals surface area contributed by atoms with E-state index in [0.717, 1.165) is 12.1 Å². The van der Waals surface area contributed by atoms with Crippen molar-refractivity contribution in [1.29, 1.82) is 0 Å². The number of hydrogen-bond acceptors (Lipinski definition) is 1. The molecule has 0 saturated carbocycles. The molecular weight excluding hydrogens is 402 g/mol. The third-order valence-corrected chi connectivity index (χ3v) is 7.22. The van der Waals surface area contributed by atoms with E-state index in [1.54, 1.807) is 12.2 Å². The molecule has 0 aliphatic carbocycles. The van der Waals surface area contributed by atoms with Gasteiger partial charge in [-0.1, -0.05) is 102 Å². The number of nitrogens with zero attached hydrogens (tertiary/aromatic N) is 1. The highest BCUT2D eigenvalue weighted by atomic mass is 16.3. The zero-order chi connectivity index (χ0) is 24.4. The lowest BCUT2D eigenvalue weighted by Crippen LogP contribution is -2.49. The number of quaternary nitrogens is 1. The van der Waals surface area contributed by atoms with E-state index < -0.39 is 5.60 Å². The summed E-state index contributed by atoms with van der Waals surface area (Å²) in [6.45, 7) is 19.6. The second-order valence-corrected chi connectivity index (χ2v) is 10.2. The molecule has 33 heavy (non-hydrogen) atoms. The predicted octanol–water partition coefficient (Wildman–Crippen LogP) is 8.69. The molecule has 0 spiro atoms. The molecule has 0 bridgehead atoms. The van der Waals surface area contributed by atoms with Crippen LogP contribution in [-0.2, 0) is 12.1 Å². The average Bonchev–Trinajstić information content (AvgIpc) is 2.83. The van der Waals surface area contributed by atoms with Gasteiger partial charge in [0.2, 0.25) is 0 Å². The van der Waals surface area contributed by atoms with Crippen molar-refractivity contribution in [3.05, 3.63) is 60.7 Å². The van der Waals surface area contributed by atoms with Crippen molar-refractivity contribution < 1.29 is 9.59 Å². The molecule has 1 atom stereocenters. The van der Waals surface area contributed by atoms with Crippen molar-refractivity contribution >= 4 is 0 Å². The molecule has 1 N–H and O–H groups in total. The van der Waals surface area contributed by atoms with Crippen molar-refractivity contribution in [3.8, 4) is 0 Å².